The second kappa shape index (κ2) is 7.55. The first-order chi connectivity index (χ1) is 11.2. The van der Waals surface area contributed by atoms with Gasteiger partial charge in [0.15, 0.2) is 0 Å². The molecule has 0 saturated carbocycles. The minimum absolute atomic E-state index is 0.0817. The Morgan fingerprint density at radius 3 is 2.58 bits per heavy atom. The Morgan fingerprint density at radius 2 is 2.04 bits per heavy atom. The van der Waals surface area contributed by atoms with Gasteiger partial charge in [-0.25, -0.2) is 0 Å². The normalized spacial score (nSPS) is 12.5. The Balaban J connectivity index is 2.06. The van der Waals surface area contributed by atoms with Crippen LogP contribution in [0.1, 0.15) is 23.9 Å². The van der Waals surface area contributed by atoms with Gasteiger partial charge in [-0.2, -0.15) is 5.10 Å². The van der Waals surface area contributed by atoms with Gasteiger partial charge in [-0.15, -0.1) is 0 Å². The fourth-order valence-electron chi connectivity index (χ4n) is 2.44. The average Bonchev–Trinajstić information content (AvgIpc) is 2.75. The molecule has 24 heavy (non-hydrogen) atoms. The lowest BCUT2D eigenvalue weighted by molar-refractivity contribution is -0.120. The first-order valence-corrected chi connectivity index (χ1v) is 8.41. The van der Waals surface area contributed by atoms with Gasteiger partial charge in [0.1, 0.15) is 0 Å². The van der Waals surface area contributed by atoms with E-state index in [2.05, 4.69) is 10.4 Å². The molecule has 1 atom stereocenters. The second-order valence-corrected chi connectivity index (χ2v) is 6.83. The van der Waals surface area contributed by atoms with Crippen molar-refractivity contribution in [3.8, 4) is 0 Å². The quantitative estimate of drug-likeness (QED) is 0.872. The average molecular weight is 369 g/mol. The number of likely N-dealkylation sites (N-methyl/N-ethyl adjacent to an activating group) is 1. The van der Waals surface area contributed by atoms with Gasteiger partial charge in [-0.3, -0.25) is 14.4 Å². The fourth-order valence-corrected chi connectivity index (χ4v) is 2.91. The molecule has 0 aliphatic carbocycles. The Kier molecular flexibility index (Phi) is 5.91. The Morgan fingerprint density at radius 1 is 1.38 bits per heavy atom. The molecule has 0 fully saturated rings. The van der Waals surface area contributed by atoms with E-state index in [-0.39, 0.29) is 11.9 Å². The number of hydrogen-bond acceptors (Lipinski definition) is 3. The van der Waals surface area contributed by atoms with E-state index in [4.69, 9.17) is 23.2 Å². The van der Waals surface area contributed by atoms with Crippen molar-refractivity contribution in [2.45, 2.75) is 33.4 Å². The van der Waals surface area contributed by atoms with Crippen molar-refractivity contribution in [2.24, 2.45) is 7.05 Å². The van der Waals surface area contributed by atoms with E-state index in [0.717, 1.165) is 22.6 Å². The molecule has 5 nitrogen and oxygen atoms in total. The van der Waals surface area contributed by atoms with E-state index in [9.17, 15) is 4.79 Å². The van der Waals surface area contributed by atoms with E-state index in [1.807, 2.05) is 45.8 Å². The smallest absolute Gasteiger partial charge is 0.241 e. The largest absolute Gasteiger partial charge is 0.322 e. The molecule has 1 unspecified atom stereocenters. The molecule has 1 aromatic heterocycles. The zero-order chi connectivity index (χ0) is 18.0. The van der Waals surface area contributed by atoms with Gasteiger partial charge in [0.05, 0.1) is 23.1 Å². The highest BCUT2D eigenvalue weighted by Crippen LogP contribution is 2.23. The monoisotopic (exact) mass is 368 g/mol. The number of anilines is 1. The molecule has 0 spiro atoms. The van der Waals surface area contributed by atoms with E-state index in [1.54, 1.807) is 16.8 Å². The number of hydrogen-bond donors (Lipinski definition) is 1. The fraction of sp³-hybridized carbons (Fsp3) is 0.412. The molecule has 2 rings (SSSR count). The number of benzene rings is 1. The standard InChI is InChI=1S/C17H22Cl2N4O/c1-10-16(11(2)23(5)21-10)20-17(24)12(3)22(4)9-13-6-7-14(18)8-15(13)19/h6-8,12H,9H2,1-5H3,(H,20,24). The first kappa shape index (κ1) is 18.8. The summed E-state index contributed by atoms with van der Waals surface area (Å²) in [5, 5.41) is 8.48. The van der Waals surface area contributed by atoms with Crippen LogP contribution in [0, 0.1) is 13.8 Å². The van der Waals surface area contributed by atoms with Crippen molar-refractivity contribution in [2.75, 3.05) is 12.4 Å². The Hall–Kier alpha value is -1.56. The molecule has 1 N–H and O–H groups in total. The molecule has 0 aliphatic rings. The summed E-state index contributed by atoms with van der Waals surface area (Å²) in [5.74, 6) is -0.0817. The Bertz CT molecular complexity index is 757. The van der Waals surface area contributed by atoms with Crippen LogP contribution in [0.15, 0.2) is 18.2 Å². The van der Waals surface area contributed by atoms with Crippen molar-refractivity contribution in [3.05, 3.63) is 45.2 Å². The van der Waals surface area contributed by atoms with E-state index < -0.39 is 0 Å². The molecule has 0 radical (unpaired) electrons. The van der Waals surface area contributed by atoms with E-state index in [0.29, 0.717) is 16.6 Å². The van der Waals surface area contributed by atoms with Crippen LogP contribution in [0.25, 0.3) is 0 Å². The van der Waals surface area contributed by atoms with Gasteiger partial charge in [-0.1, -0.05) is 29.3 Å². The molecular weight excluding hydrogens is 347 g/mol. The lowest BCUT2D eigenvalue weighted by atomic mass is 10.2. The van der Waals surface area contributed by atoms with Gasteiger partial charge in [-0.05, 0) is 45.5 Å². The van der Waals surface area contributed by atoms with Gasteiger partial charge in [0, 0.05) is 23.6 Å². The van der Waals surface area contributed by atoms with E-state index >= 15 is 0 Å². The molecule has 0 bridgehead atoms. The van der Waals surface area contributed by atoms with Crippen LogP contribution in [0.2, 0.25) is 10.0 Å². The first-order valence-electron chi connectivity index (χ1n) is 7.66. The number of aromatic nitrogens is 2. The molecule has 1 amide bonds. The molecule has 0 aliphatic heterocycles. The topological polar surface area (TPSA) is 50.2 Å². The van der Waals surface area contributed by atoms with Crippen molar-refractivity contribution < 1.29 is 4.79 Å². The Labute approximate surface area is 152 Å². The molecule has 1 aromatic carbocycles. The number of rotatable bonds is 5. The van der Waals surface area contributed by atoms with Crippen molar-refractivity contribution in [1.29, 1.82) is 0 Å². The maximum atomic E-state index is 12.6. The number of nitrogens with zero attached hydrogens (tertiary/aromatic N) is 3. The van der Waals surface area contributed by atoms with Crippen LogP contribution in [0.3, 0.4) is 0 Å². The van der Waals surface area contributed by atoms with Crippen LogP contribution in [-0.4, -0.2) is 33.7 Å². The van der Waals surface area contributed by atoms with Crippen LogP contribution in [-0.2, 0) is 18.4 Å². The summed E-state index contributed by atoms with van der Waals surface area (Å²) in [6.07, 6.45) is 0. The minimum Gasteiger partial charge on any atom is -0.322 e. The van der Waals surface area contributed by atoms with Gasteiger partial charge >= 0.3 is 0 Å². The molecule has 1 heterocycles. The van der Waals surface area contributed by atoms with Gasteiger partial charge in [0.2, 0.25) is 5.91 Å². The number of carbonyl (C=O) groups is 1. The summed E-state index contributed by atoms with van der Waals surface area (Å²) in [6.45, 7) is 6.22. The number of nitrogens with one attached hydrogen (secondary N) is 1. The third kappa shape index (κ3) is 4.09. The lowest BCUT2D eigenvalue weighted by Crippen LogP contribution is -2.39. The number of halogens is 2. The van der Waals surface area contributed by atoms with Gasteiger partial charge < -0.3 is 5.32 Å². The highest BCUT2D eigenvalue weighted by molar-refractivity contribution is 6.35. The van der Waals surface area contributed by atoms with Crippen LogP contribution in [0.4, 0.5) is 5.69 Å². The van der Waals surface area contributed by atoms with Gasteiger partial charge in [0.25, 0.3) is 0 Å². The SMILES string of the molecule is Cc1nn(C)c(C)c1NC(=O)C(C)N(C)Cc1ccc(Cl)cc1Cl. The molecule has 130 valence electrons. The summed E-state index contributed by atoms with van der Waals surface area (Å²) in [4.78, 5) is 14.5. The minimum atomic E-state index is -0.323. The summed E-state index contributed by atoms with van der Waals surface area (Å²) >= 11 is 12.1. The molecule has 2 aromatic rings. The summed E-state index contributed by atoms with van der Waals surface area (Å²) in [5.41, 5.74) is 3.43. The second-order valence-electron chi connectivity index (χ2n) is 5.99. The van der Waals surface area contributed by atoms with Crippen molar-refractivity contribution in [1.82, 2.24) is 14.7 Å². The van der Waals surface area contributed by atoms with Crippen LogP contribution in [0.5, 0.6) is 0 Å². The summed E-state index contributed by atoms with van der Waals surface area (Å²) in [6, 6.07) is 5.06. The number of carbonyl (C=O) groups excluding carboxylic acids is 1. The third-order valence-corrected chi connectivity index (χ3v) is 4.82. The summed E-state index contributed by atoms with van der Waals surface area (Å²) < 4.78 is 1.76. The van der Waals surface area contributed by atoms with Crippen molar-refractivity contribution in [3.63, 3.8) is 0 Å². The zero-order valence-corrected chi connectivity index (χ0v) is 16.0. The highest BCUT2D eigenvalue weighted by Gasteiger charge is 2.21. The highest BCUT2D eigenvalue weighted by atomic mass is 35.5. The maximum absolute atomic E-state index is 12.6. The lowest BCUT2D eigenvalue weighted by Gasteiger charge is -2.24. The van der Waals surface area contributed by atoms with Crippen LogP contribution < -0.4 is 5.32 Å². The molecule has 0 saturated heterocycles. The van der Waals surface area contributed by atoms with Crippen LogP contribution >= 0.6 is 23.2 Å². The molecular formula is C17H22Cl2N4O. The predicted molar refractivity (Wildman–Crippen MR) is 98.7 cm³/mol. The maximum Gasteiger partial charge on any atom is 0.241 e. The third-order valence-electron chi connectivity index (χ3n) is 4.23. The van der Waals surface area contributed by atoms with Crippen molar-refractivity contribution >= 4 is 34.8 Å². The van der Waals surface area contributed by atoms with E-state index in [1.165, 1.54) is 0 Å². The number of amides is 1. The summed E-state index contributed by atoms with van der Waals surface area (Å²) in [7, 11) is 3.74. The zero-order valence-electron chi connectivity index (χ0n) is 14.5. The predicted octanol–water partition coefficient (Wildman–Crippen LogP) is 3.80. The number of aryl methyl sites for hydroxylation is 2. The molecule has 7 heteroatoms.